The first-order valence-electron chi connectivity index (χ1n) is 7.43. The molecule has 1 aromatic heterocycles. The number of hydrogen-bond donors (Lipinski definition) is 0. The van der Waals surface area contributed by atoms with Crippen LogP contribution in [0.4, 0.5) is 10.1 Å². The van der Waals surface area contributed by atoms with Crippen LogP contribution in [0.5, 0.6) is 0 Å². The SMILES string of the molecule is CC(C)(C)[Si]OC(C)(C)c1cn(-c2ccc([N+](=O)[O-])cc2F)cn1. The number of non-ortho nitro benzene ring substituents is 1. The summed E-state index contributed by atoms with van der Waals surface area (Å²) in [6.45, 7) is 10.1. The second kappa shape index (κ2) is 6.44. The van der Waals surface area contributed by atoms with E-state index in [1.54, 1.807) is 6.20 Å². The average molecular weight is 349 g/mol. The second-order valence-electron chi connectivity index (χ2n) is 7.02. The Hall–Kier alpha value is -2.06. The van der Waals surface area contributed by atoms with Crippen LogP contribution in [0, 0.1) is 15.9 Å². The number of halogens is 1. The summed E-state index contributed by atoms with van der Waals surface area (Å²) in [5.41, 5.74) is -0.0362. The Bertz CT molecular complexity index is 753. The molecule has 0 saturated carbocycles. The van der Waals surface area contributed by atoms with Gasteiger partial charge in [-0.15, -0.1) is 0 Å². The predicted octanol–water partition coefficient (Wildman–Crippen LogP) is 4.01. The zero-order valence-corrected chi connectivity index (χ0v) is 15.3. The molecule has 0 aliphatic rings. The second-order valence-corrected chi connectivity index (χ2v) is 8.93. The molecule has 6 nitrogen and oxygen atoms in total. The van der Waals surface area contributed by atoms with Gasteiger partial charge in [0.25, 0.3) is 5.69 Å². The summed E-state index contributed by atoms with van der Waals surface area (Å²) in [6, 6.07) is 3.53. The molecular formula is C16H20FN3O3Si. The van der Waals surface area contributed by atoms with E-state index in [0.717, 1.165) is 6.07 Å². The van der Waals surface area contributed by atoms with E-state index < -0.39 is 16.3 Å². The first-order valence-corrected chi connectivity index (χ1v) is 8.34. The summed E-state index contributed by atoms with van der Waals surface area (Å²) in [4.78, 5) is 14.4. The highest BCUT2D eigenvalue weighted by atomic mass is 28.2. The van der Waals surface area contributed by atoms with Gasteiger partial charge in [0, 0.05) is 12.3 Å². The summed E-state index contributed by atoms with van der Waals surface area (Å²) in [7, 11) is 0.289. The van der Waals surface area contributed by atoms with Gasteiger partial charge in [-0.05, 0) is 25.0 Å². The maximum absolute atomic E-state index is 14.1. The van der Waals surface area contributed by atoms with E-state index in [4.69, 9.17) is 4.43 Å². The maximum atomic E-state index is 14.1. The van der Waals surface area contributed by atoms with Crippen LogP contribution < -0.4 is 0 Å². The van der Waals surface area contributed by atoms with E-state index in [1.165, 1.54) is 23.0 Å². The lowest BCUT2D eigenvalue weighted by Gasteiger charge is -2.27. The van der Waals surface area contributed by atoms with Crippen LogP contribution in [0.15, 0.2) is 30.7 Å². The Morgan fingerprint density at radius 1 is 1.29 bits per heavy atom. The Balaban J connectivity index is 2.26. The van der Waals surface area contributed by atoms with Crippen molar-refractivity contribution in [3.8, 4) is 5.69 Å². The van der Waals surface area contributed by atoms with Crippen LogP contribution in [0.2, 0.25) is 5.04 Å². The molecule has 0 unspecified atom stereocenters. The lowest BCUT2D eigenvalue weighted by Crippen LogP contribution is -2.28. The smallest absolute Gasteiger partial charge is 0.272 e. The number of nitrogens with zero attached hydrogens (tertiary/aromatic N) is 3. The molecule has 0 fully saturated rings. The van der Waals surface area contributed by atoms with E-state index in [-0.39, 0.29) is 26.2 Å². The van der Waals surface area contributed by atoms with Gasteiger partial charge < -0.3 is 8.99 Å². The van der Waals surface area contributed by atoms with Crippen molar-refractivity contribution in [2.45, 2.75) is 45.3 Å². The minimum Gasteiger partial charge on any atom is -0.406 e. The highest BCUT2D eigenvalue weighted by Gasteiger charge is 2.27. The van der Waals surface area contributed by atoms with Crippen LogP contribution in [-0.2, 0) is 10.0 Å². The summed E-state index contributed by atoms with van der Waals surface area (Å²) in [5, 5.41) is 10.7. The molecule has 128 valence electrons. The minimum absolute atomic E-state index is 0.0459. The van der Waals surface area contributed by atoms with Crippen LogP contribution in [-0.4, -0.2) is 24.2 Å². The fourth-order valence-electron chi connectivity index (χ4n) is 1.92. The topological polar surface area (TPSA) is 70.2 Å². The van der Waals surface area contributed by atoms with Gasteiger partial charge in [0.1, 0.15) is 0 Å². The fraction of sp³-hybridized carbons (Fsp3) is 0.438. The average Bonchev–Trinajstić information content (AvgIpc) is 2.95. The van der Waals surface area contributed by atoms with Gasteiger partial charge in [0.2, 0.25) is 9.76 Å². The monoisotopic (exact) mass is 349 g/mol. The minimum atomic E-state index is -0.677. The highest BCUT2D eigenvalue weighted by Crippen LogP contribution is 2.29. The first-order chi connectivity index (χ1) is 11.0. The Labute approximate surface area is 142 Å². The molecule has 0 aliphatic carbocycles. The molecular weight excluding hydrogens is 329 g/mol. The quantitative estimate of drug-likeness (QED) is 0.464. The van der Waals surface area contributed by atoms with Crippen molar-refractivity contribution >= 4 is 15.5 Å². The molecule has 1 aromatic carbocycles. The number of nitro benzene ring substituents is 1. The van der Waals surface area contributed by atoms with Crippen molar-refractivity contribution in [2.24, 2.45) is 0 Å². The molecule has 2 rings (SSSR count). The normalized spacial score (nSPS) is 12.4. The van der Waals surface area contributed by atoms with Crippen molar-refractivity contribution in [1.29, 1.82) is 0 Å². The number of benzene rings is 1. The third-order valence-corrected chi connectivity index (χ3v) is 4.46. The third-order valence-electron chi connectivity index (χ3n) is 3.23. The van der Waals surface area contributed by atoms with Crippen LogP contribution >= 0.6 is 0 Å². The number of aromatic nitrogens is 2. The summed E-state index contributed by atoms with van der Waals surface area (Å²) in [5.74, 6) is -0.677. The highest BCUT2D eigenvalue weighted by molar-refractivity contribution is 6.31. The van der Waals surface area contributed by atoms with Gasteiger partial charge in [-0.25, -0.2) is 9.37 Å². The molecule has 0 saturated heterocycles. The van der Waals surface area contributed by atoms with E-state index >= 15 is 0 Å². The zero-order valence-electron chi connectivity index (χ0n) is 14.3. The van der Waals surface area contributed by atoms with Gasteiger partial charge in [0.15, 0.2) is 5.82 Å². The molecule has 8 heteroatoms. The fourth-order valence-corrected chi connectivity index (χ4v) is 2.58. The molecule has 2 radical (unpaired) electrons. The standard InChI is InChI=1S/C16H20FN3O3Si/c1-15(2,3)24-23-16(4,5)14-9-19(10-18-14)13-7-6-11(20(21)22)8-12(13)17/h6-10H,1-5H3. The van der Waals surface area contributed by atoms with Gasteiger partial charge in [-0.2, -0.15) is 0 Å². The largest absolute Gasteiger partial charge is 0.406 e. The van der Waals surface area contributed by atoms with Crippen molar-refractivity contribution in [3.63, 3.8) is 0 Å². The number of imidazole rings is 1. The summed E-state index contributed by atoms with van der Waals surface area (Å²) < 4.78 is 21.6. The summed E-state index contributed by atoms with van der Waals surface area (Å²) >= 11 is 0. The Kier molecular flexibility index (Phi) is 4.91. The molecule has 0 bridgehead atoms. The molecule has 0 spiro atoms. The predicted molar refractivity (Wildman–Crippen MR) is 89.8 cm³/mol. The van der Waals surface area contributed by atoms with E-state index in [0.29, 0.717) is 5.69 Å². The molecule has 0 N–H and O–H groups in total. The molecule has 24 heavy (non-hydrogen) atoms. The van der Waals surface area contributed by atoms with Gasteiger partial charge >= 0.3 is 0 Å². The van der Waals surface area contributed by atoms with Crippen molar-refractivity contribution in [1.82, 2.24) is 9.55 Å². The van der Waals surface area contributed by atoms with E-state index in [1.807, 2.05) is 13.8 Å². The van der Waals surface area contributed by atoms with Crippen LogP contribution in [0.3, 0.4) is 0 Å². The first kappa shape index (κ1) is 18.3. The van der Waals surface area contributed by atoms with Crippen LogP contribution in [0.1, 0.15) is 40.3 Å². The maximum Gasteiger partial charge on any atom is 0.272 e. The van der Waals surface area contributed by atoms with Crippen molar-refractivity contribution in [2.75, 3.05) is 0 Å². The lowest BCUT2D eigenvalue weighted by atomic mass is 10.1. The lowest BCUT2D eigenvalue weighted by molar-refractivity contribution is -0.385. The molecule has 0 amide bonds. The zero-order chi connectivity index (χ0) is 18.1. The van der Waals surface area contributed by atoms with Gasteiger partial charge in [0.05, 0.1) is 34.3 Å². The van der Waals surface area contributed by atoms with Crippen molar-refractivity contribution in [3.05, 3.63) is 52.3 Å². The Morgan fingerprint density at radius 2 is 1.96 bits per heavy atom. The van der Waals surface area contributed by atoms with Crippen molar-refractivity contribution < 1.29 is 13.7 Å². The van der Waals surface area contributed by atoms with E-state index in [9.17, 15) is 14.5 Å². The van der Waals surface area contributed by atoms with E-state index in [2.05, 4.69) is 25.8 Å². The number of rotatable bonds is 5. The van der Waals surface area contributed by atoms with Gasteiger partial charge in [-0.1, -0.05) is 20.8 Å². The third kappa shape index (κ3) is 4.27. The van der Waals surface area contributed by atoms with Gasteiger partial charge in [-0.3, -0.25) is 10.1 Å². The molecule has 0 atom stereocenters. The molecule has 1 heterocycles. The molecule has 2 aromatic rings. The van der Waals surface area contributed by atoms with Crippen LogP contribution in [0.25, 0.3) is 5.69 Å². The summed E-state index contributed by atoms with van der Waals surface area (Å²) in [6.07, 6.45) is 3.16. The molecule has 0 aliphatic heterocycles. The number of nitro groups is 1. The Morgan fingerprint density at radius 3 is 2.50 bits per heavy atom. The number of hydrogen-bond acceptors (Lipinski definition) is 4.